The minimum atomic E-state index is -0.444. The van der Waals surface area contributed by atoms with Crippen molar-refractivity contribution in [2.75, 3.05) is 13.1 Å². The van der Waals surface area contributed by atoms with Gasteiger partial charge in [-0.1, -0.05) is 38.1 Å². The molecule has 0 radical (unpaired) electrons. The lowest BCUT2D eigenvalue weighted by Crippen LogP contribution is -2.33. The standard InChI is InChI=1S/C24H30FN3O2/c1-17(2)14-27(15-18(3)29)16-23-19(4)26-28(21-10-6-5-7-11-21)24(23)30-22-12-8-9-20(25)13-22/h5-13,17-18,29H,14-16H2,1-4H3. The number of ether oxygens (including phenoxy) is 1. The molecule has 0 saturated heterocycles. The highest BCUT2D eigenvalue weighted by molar-refractivity contribution is 5.43. The predicted octanol–water partition coefficient (Wildman–Crippen LogP) is 4.95. The average molecular weight is 412 g/mol. The zero-order valence-corrected chi connectivity index (χ0v) is 18.0. The van der Waals surface area contributed by atoms with Crippen molar-refractivity contribution in [1.29, 1.82) is 0 Å². The predicted molar refractivity (Wildman–Crippen MR) is 117 cm³/mol. The topological polar surface area (TPSA) is 50.5 Å². The number of halogens is 1. The Balaban J connectivity index is 2.03. The fraction of sp³-hybridized carbons (Fsp3) is 0.375. The van der Waals surface area contributed by atoms with Crippen LogP contribution in [0.15, 0.2) is 54.6 Å². The number of para-hydroxylation sites is 1. The summed E-state index contributed by atoms with van der Waals surface area (Å²) in [5.41, 5.74) is 2.62. The third kappa shape index (κ3) is 5.68. The van der Waals surface area contributed by atoms with Gasteiger partial charge in [-0.2, -0.15) is 5.10 Å². The molecule has 5 nitrogen and oxygen atoms in total. The summed E-state index contributed by atoms with van der Waals surface area (Å²) < 4.78 is 21.7. The van der Waals surface area contributed by atoms with Gasteiger partial charge < -0.3 is 9.84 Å². The number of rotatable bonds is 9. The Morgan fingerprint density at radius 3 is 2.43 bits per heavy atom. The fourth-order valence-electron chi connectivity index (χ4n) is 3.53. The number of nitrogens with zero attached hydrogens (tertiary/aromatic N) is 3. The average Bonchev–Trinajstić information content (AvgIpc) is 2.97. The molecule has 2 aromatic carbocycles. The summed E-state index contributed by atoms with van der Waals surface area (Å²) in [5, 5.41) is 14.7. The van der Waals surface area contributed by atoms with Crippen molar-refractivity contribution in [3.05, 3.63) is 71.7 Å². The van der Waals surface area contributed by atoms with Crippen LogP contribution in [0, 0.1) is 18.7 Å². The summed E-state index contributed by atoms with van der Waals surface area (Å²) in [6.45, 7) is 10.00. The molecule has 6 heteroatoms. The summed E-state index contributed by atoms with van der Waals surface area (Å²) in [7, 11) is 0. The Morgan fingerprint density at radius 1 is 1.07 bits per heavy atom. The Morgan fingerprint density at radius 2 is 1.80 bits per heavy atom. The Bertz CT molecular complexity index is 944. The molecule has 0 saturated carbocycles. The maximum absolute atomic E-state index is 13.8. The van der Waals surface area contributed by atoms with Gasteiger partial charge in [0.1, 0.15) is 11.6 Å². The van der Waals surface area contributed by atoms with E-state index in [-0.39, 0.29) is 5.82 Å². The summed E-state index contributed by atoms with van der Waals surface area (Å²) in [6.07, 6.45) is -0.444. The monoisotopic (exact) mass is 411 g/mol. The van der Waals surface area contributed by atoms with Crippen molar-refractivity contribution < 1.29 is 14.2 Å². The van der Waals surface area contributed by atoms with Gasteiger partial charge in [-0.3, -0.25) is 4.90 Å². The highest BCUT2D eigenvalue weighted by Crippen LogP contribution is 2.32. The van der Waals surface area contributed by atoms with Crippen molar-refractivity contribution in [3.8, 4) is 17.3 Å². The second-order valence-corrected chi connectivity index (χ2v) is 8.11. The molecule has 0 aliphatic carbocycles. The molecule has 0 fully saturated rings. The Kier molecular flexibility index (Phi) is 7.24. The number of aryl methyl sites for hydroxylation is 1. The SMILES string of the molecule is Cc1nn(-c2ccccc2)c(Oc2cccc(F)c2)c1CN(CC(C)C)CC(C)O. The highest BCUT2D eigenvalue weighted by atomic mass is 19.1. The lowest BCUT2D eigenvalue weighted by Gasteiger charge is -2.26. The third-order valence-corrected chi connectivity index (χ3v) is 4.68. The van der Waals surface area contributed by atoms with Crippen LogP contribution >= 0.6 is 0 Å². The lowest BCUT2D eigenvalue weighted by atomic mass is 10.1. The van der Waals surface area contributed by atoms with Crippen LogP contribution in [-0.2, 0) is 6.54 Å². The molecule has 1 aromatic heterocycles. The van der Waals surface area contributed by atoms with E-state index in [1.54, 1.807) is 23.7 Å². The van der Waals surface area contributed by atoms with Crippen LogP contribution in [0.4, 0.5) is 4.39 Å². The molecule has 1 unspecified atom stereocenters. The second-order valence-electron chi connectivity index (χ2n) is 8.11. The number of hydrogen-bond acceptors (Lipinski definition) is 4. The minimum Gasteiger partial charge on any atom is -0.438 e. The lowest BCUT2D eigenvalue weighted by molar-refractivity contribution is 0.114. The number of hydrogen-bond donors (Lipinski definition) is 1. The van der Waals surface area contributed by atoms with Crippen LogP contribution in [0.2, 0.25) is 0 Å². The van der Waals surface area contributed by atoms with Crippen LogP contribution < -0.4 is 4.74 Å². The molecule has 160 valence electrons. The summed E-state index contributed by atoms with van der Waals surface area (Å²) in [4.78, 5) is 2.20. The van der Waals surface area contributed by atoms with E-state index in [2.05, 4.69) is 18.7 Å². The summed E-state index contributed by atoms with van der Waals surface area (Å²) in [5.74, 6) is 1.07. The van der Waals surface area contributed by atoms with E-state index in [4.69, 9.17) is 9.84 Å². The molecule has 0 amide bonds. The van der Waals surface area contributed by atoms with Gasteiger partial charge in [-0.25, -0.2) is 9.07 Å². The normalized spacial score (nSPS) is 12.5. The molecule has 0 bridgehead atoms. The first-order valence-electron chi connectivity index (χ1n) is 10.3. The molecule has 0 aliphatic heterocycles. The minimum absolute atomic E-state index is 0.355. The van der Waals surface area contributed by atoms with Crippen molar-refractivity contribution in [3.63, 3.8) is 0 Å². The quantitative estimate of drug-likeness (QED) is 0.541. The highest BCUT2D eigenvalue weighted by Gasteiger charge is 2.22. The van der Waals surface area contributed by atoms with Gasteiger partial charge in [-0.05, 0) is 44.0 Å². The molecule has 1 heterocycles. The van der Waals surface area contributed by atoms with Crippen LogP contribution in [0.3, 0.4) is 0 Å². The number of benzene rings is 2. The summed E-state index contributed by atoms with van der Waals surface area (Å²) in [6, 6.07) is 15.8. The van der Waals surface area contributed by atoms with Gasteiger partial charge in [0.2, 0.25) is 5.88 Å². The number of aliphatic hydroxyl groups is 1. The first-order chi connectivity index (χ1) is 14.3. The van der Waals surface area contributed by atoms with E-state index in [1.807, 2.05) is 37.3 Å². The summed E-state index contributed by atoms with van der Waals surface area (Å²) >= 11 is 0. The Hall–Kier alpha value is -2.70. The first-order valence-corrected chi connectivity index (χ1v) is 10.3. The molecule has 1 N–H and O–H groups in total. The van der Waals surface area contributed by atoms with Crippen molar-refractivity contribution in [2.24, 2.45) is 5.92 Å². The van der Waals surface area contributed by atoms with Crippen molar-refractivity contribution >= 4 is 0 Å². The van der Waals surface area contributed by atoms with E-state index < -0.39 is 6.10 Å². The van der Waals surface area contributed by atoms with E-state index in [0.717, 1.165) is 23.5 Å². The van der Waals surface area contributed by atoms with Gasteiger partial charge in [0.05, 0.1) is 23.0 Å². The van der Waals surface area contributed by atoms with Gasteiger partial charge in [0, 0.05) is 25.7 Å². The van der Waals surface area contributed by atoms with Gasteiger partial charge in [-0.15, -0.1) is 0 Å². The molecular formula is C24H30FN3O2. The Labute approximate surface area is 177 Å². The number of aromatic nitrogens is 2. The molecule has 0 spiro atoms. The van der Waals surface area contributed by atoms with Crippen LogP contribution in [0.1, 0.15) is 32.0 Å². The van der Waals surface area contributed by atoms with Crippen molar-refractivity contribution in [2.45, 2.75) is 40.3 Å². The third-order valence-electron chi connectivity index (χ3n) is 4.68. The molecule has 1 atom stereocenters. The molecule has 0 aliphatic rings. The van der Waals surface area contributed by atoms with Crippen LogP contribution in [0.5, 0.6) is 11.6 Å². The fourth-order valence-corrected chi connectivity index (χ4v) is 3.53. The second kappa shape index (κ2) is 9.87. The molecular weight excluding hydrogens is 381 g/mol. The molecule has 3 rings (SSSR count). The van der Waals surface area contributed by atoms with Gasteiger partial charge in [0.15, 0.2) is 0 Å². The van der Waals surface area contributed by atoms with Gasteiger partial charge in [0.25, 0.3) is 0 Å². The smallest absolute Gasteiger partial charge is 0.227 e. The first kappa shape index (κ1) is 22.0. The van der Waals surface area contributed by atoms with E-state index in [9.17, 15) is 9.50 Å². The van der Waals surface area contributed by atoms with Crippen LogP contribution in [-0.4, -0.2) is 39.0 Å². The van der Waals surface area contributed by atoms with E-state index >= 15 is 0 Å². The largest absolute Gasteiger partial charge is 0.438 e. The number of aliphatic hydroxyl groups excluding tert-OH is 1. The molecule has 30 heavy (non-hydrogen) atoms. The van der Waals surface area contributed by atoms with Crippen LogP contribution in [0.25, 0.3) is 5.69 Å². The van der Waals surface area contributed by atoms with E-state index in [0.29, 0.717) is 30.6 Å². The van der Waals surface area contributed by atoms with Gasteiger partial charge >= 0.3 is 0 Å². The zero-order valence-electron chi connectivity index (χ0n) is 18.0. The zero-order chi connectivity index (χ0) is 21.7. The maximum Gasteiger partial charge on any atom is 0.227 e. The maximum atomic E-state index is 13.8. The van der Waals surface area contributed by atoms with Crippen molar-refractivity contribution in [1.82, 2.24) is 14.7 Å². The molecule has 3 aromatic rings. The van der Waals surface area contributed by atoms with E-state index in [1.165, 1.54) is 12.1 Å².